The Morgan fingerprint density at radius 3 is 2.57 bits per heavy atom. The predicted octanol–water partition coefficient (Wildman–Crippen LogP) is 3.71. The fourth-order valence-corrected chi connectivity index (χ4v) is 2.36. The van der Waals surface area contributed by atoms with Crippen LogP contribution in [0, 0.1) is 6.92 Å². The van der Waals surface area contributed by atoms with Crippen molar-refractivity contribution in [1.29, 1.82) is 0 Å². The van der Waals surface area contributed by atoms with E-state index in [2.05, 4.69) is 21.1 Å². The van der Waals surface area contributed by atoms with Crippen LogP contribution in [0.15, 0.2) is 51.1 Å². The third-order valence-corrected chi connectivity index (χ3v) is 3.84. The SMILES string of the molecule is CC1=C(C)C(=NOC(=O)c2cccc(C)c2)C=C(Br)C1=O. The van der Waals surface area contributed by atoms with Crippen molar-refractivity contribution in [2.75, 3.05) is 0 Å². The highest BCUT2D eigenvalue weighted by molar-refractivity contribution is 9.12. The maximum Gasteiger partial charge on any atom is 0.365 e. The monoisotopic (exact) mass is 347 g/mol. The molecule has 0 unspecified atom stereocenters. The molecule has 1 aromatic rings. The van der Waals surface area contributed by atoms with Crippen molar-refractivity contribution in [1.82, 2.24) is 0 Å². The molecule has 0 fully saturated rings. The molecule has 0 saturated carbocycles. The summed E-state index contributed by atoms with van der Waals surface area (Å²) in [6, 6.07) is 7.07. The number of halogens is 1. The highest BCUT2D eigenvalue weighted by Gasteiger charge is 2.21. The number of hydrogen-bond donors (Lipinski definition) is 0. The third kappa shape index (κ3) is 3.36. The van der Waals surface area contributed by atoms with Crippen LogP contribution >= 0.6 is 15.9 Å². The number of rotatable bonds is 2. The molecule has 0 spiro atoms. The Morgan fingerprint density at radius 1 is 1.19 bits per heavy atom. The van der Waals surface area contributed by atoms with Gasteiger partial charge in [0.1, 0.15) is 5.71 Å². The van der Waals surface area contributed by atoms with Crippen molar-refractivity contribution in [3.05, 3.63) is 57.1 Å². The number of ketones is 1. The molecule has 5 heteroatoms. The zero-order valence-electron chi connectivity index (χ0n) is 11.9. The van der Waals surface area contributed by atoms with Crippen molar-refractivity contribution in [3.8, 4) is 0 Å². The van der Waals surface area contributed by atoms with E-state index in [1.54, 1.807) is 38.1 Å². The average Bonchev–Trinajstić information content (AvgIpc) is 2.47. The average molecular weight is 348 g/mol. The maximum atomic E-state index is 11.9. The highest BCUT2D eigenvalue weighted by Crippen LogP contribution is 2.23. The number of carbonyl (C=O) groups is 2. The van der Waals surface area contributed by atoms with Crippen molar-refractivity contribution < 1.29 is 14.4 Å². The summed E-state index contributed by atoms with van der Waals surface area (Å²) in [5.41, 5.74) is 3.14. The number of benzene rings is 1. The molecule has 0 bridgehead atoms. The Labute approximate surface area is 131 Å². The van der Waals surface area contributed by atoms with Crippen LogP contribution in [0.3, 0.4) is 0 Å². The summed E-state index contributed by atoms with van der Waals surface area (Å²) in [5, 5.41) is 3.86. The minimum atomic E-state index is -0.530. The van der Waals surface area contributed by atoms with Gasteiger partial charge in [-0.3, -0.25) is 4.79 Å². The Balaban J connectivity index is 2.22. The molecule has 0 aliphatic heterocycles. The van der Waals surface area contributed by atoms with Gasteiger partial charge in [0.05, 0.1) is 10.0 Å². The third-order valence-electron chi connectivity index (χ3n) is 3.25. The minimum absolute atomic E-state index is 0.0866. The number of hydrogen-bond acceptors (Lipinski definition) is 4. The Morgan fingerprint density at radius 2 is 1.90 bits per heavy atom. The summed E-state index contributed by atoms with van der Waals surface area (Å²) >= 11 is 3.18. The standard InChI is InChI=1S/C16H14BrNO3/c1-9-5-4-6-12(7-9)16(20)21-18-14-8-13(17)15(19)11(3)10(14)2/h4-8H,1-3H3. The second-order valence-electron chi connectivity index (χ2n) is 4.80. The van der Waals surface area contributed by atoms with Gasteiger partial charge in [0, 0.05) is 5.57 Å². The molecular weight excluding hydrogens is 334 g/mol. The quantitative estimate of drug-likeness (QED) is 0.465. The van der Waals surface area contributed by atoms with Gasteiger partial charge in [-0.2, -0.15) is 0 Å². The zero-order valence-corrected chi connectivity index (χ0v) is 13.5. The molecule has 0 saturated heterocycles. The lowest BCUT2D eigenvalue weighted by Gasteiger charge is -2.12. The molecule has 21 heavy (non-hydrogen) atoms. The van der Waals surface area contributed by atoms with E-state index in [0.717, 1.165) is 5.56 Å². The molecule has 0 aromatic heterocycles. The molecule has 1 aliphatic carbocycles. The van der Waals surface area contributed by atoms with Gasteiger partial charge in [-0.05, 0) is 60.5 Å². The van der Waals surface area contributed by atoms with E-state index < -0.39 is 5.97 Å². The van der Waals surface area contributed by atoms with Gasteiger partial charge >= 0.3 is 5.97 Å². The molecule has 0 amide bonds. The second-order valence-corrected chi connectivity index (χ2v) is 5.65. The van der Waals surface area contributed by atoms with Crippen molar-refractivity contribution in [2.45, 2.75) is 20.8 Å². The van der Waals surface area contributed by atoms with Gasteiger partial charge in [0.15, 0.2) is 5.78 Å². The van der Waals surface area contributed by atoms with Gasteiger partial charge in [-0.15, -0.1) is 0 Å². The van der Waals surface area contributed by atoms with Crippen LogP contribution in [-0.2, 0) is 9.63 Å². The van der Waals surface area contributed by atoms with E-state index >= 15 is 0 Å². The summed E-state index contributed by atoms with van der Waals surface area (Å²) in [6.45, 7) is 5.37. The fourth-order valence-electron chi connectivity index (χ4n) is 1.85. The van der Waals surface area contributed by atoms with E-state index in [-0.39, 0.29) is 5.78 Å². The molecule has 4 nitrogen and oxygen atoms in total. The minimum Gasteiger partial charge on any atom is -0.312 e. The number of Topliss-reactive ketones (excluding diaryl/α,β-unsaturated/α-hetero) is 1. The molecule has 0 radical (unpaired) electrons. The Kier molecular flexibility index (Phi) is 4.53. The molecule has 2 rings (SSSR count). The van der Waals surface area contributed by atoms with Crippen LogP contribution in [0.25, 0.3) is 0 Å². The molecule has 108 valence electrons. The lowest BCUT2D eigenvalue weighted by molar-refractivity contribution is -0.111. The van der Waals surface area contributed by atoms with Crippen LogP contribution in [0.4, 0.5) is 0 Å². The number of carbonyl (C=O) groups excluding carboxylic acids is 2. The topological polar surface area (TPSA) is 55.7 Å². The first-order chi connectivity index (χ1) is 9.90. The lowest BCUT2D eigenvalue weighted by atomic mass is 9.97. The molecule has 0 atom stereocenters. The van der Waals surface area contributed by atoms with Crippen molar-refractivity contribution >= 4 is 33.4 Å². The van der Waals surface area contributed by atoms with Crippen LogP contribution < -0.4 is 0 Å². The van der Waals surface area contributed by atoms with E-state index in [4.69, 9.17) is 4.84 Å². The maximum absolute atomic E-state index is 11.9. The van der Waals surface area contributed by atoms with Gasteiger partial charge in [-0.1, -0.05) is 22.9 Å². The van der Waals surface area contributed by atoms with Crippen molar-refractivity contribution in [2.24, 2.45) is 5.16 Å². The van der Waals surface area contributed by atoms with Crippen LogP contribution in [-0.4, -0.2) is 17.5 Å². The van der Waals surface area contributed by atoms with Crippen LogP contribution in [0.1, 0.15) is 29.8 Å². The molecule has 0 heterocycles. The molecule has 1 aliphatic rings. The summed E-state index contributed by atoms with van der Waals surface area (Å²) in [7, 11) is 0. The number of oxime groups is 1. The fraction of sp³-hybridized carbons (Fsp3) is 0.188. The first kappa shape index (κ1) is 15.4. The van der Waals surface area contributed by atoms with Gasteiger partial charge in [0.25, 0.3) is 0 Å². The van der Waals surface area contributed by atoms with E-state index in [0.29, 0.717) is 26.9 Å². The predicted molar refractivity (Wildman–Crippen MR) is 84.4 cm³/mol. The summed E-state index contributed by atoms with van der Waals surface area (Å²) in [5.74, 6) is -0.616. The normalized spacial score (nSPS) is 17.0. The Bertz CT molecular complexity index is 714. The number of aryl methyl sites for hydroxylation is 1. The number of nitrogens with zero attached hydrogens (tertiary/aromatic N) is 1. The first-order valence-corrected chi connectivity index (χ1v) is 7.15. The molecular formula is C16H14BrNO3. The van der Waals surface area contributed by atoms with Gasteiger partial charge in [-0.25, -0.2) is 4.79 Å². The Hall–Kier alpha value is -2.01. The largest absolute Gasteiger partial charge is 0.365 e. The van der Waals surface area contributed by atoms with Gasteiger partial charge in [0.2, 0.25) is 0 Å². The first-order valence-electron chi connectivity index (χ1n) is 6.36. The van der Waals surface area contributed by atoms with E-state index in [1.807, 2.05) is 13.0 Å². The second kappa shape index (κ2) is 6.18. The van der Waals surface area contributed by atoms with E-state index in [1.165, 1.54) is 0 Å². The summed E-state index contributed by atoms with van der Waals surface area (Å²) in [4.78, 5) is 28.6. The smallest absolute Gasteiger partial charge is 0.312 e. The van der Waals surface area contributed by atoms with Gasteiger partial charge < -0.3 is 4.84 Å². The zero-order chi connectivity index (χ0) is 15.6. The highest BCUT2D eigenvalue weighted by atomic mass is 79.9. The lowest BCUT2D eigenvalue weighted by Crippen LogP contribution is -2.15. The molecule has 1 aromatic carbocycles. The van der Waals surface area contributed by atoms with E-state index in [9.17, 15) is 9.59 Å². The van der Waals surface area contributed by atoms with Crippen LogP contribution in [0.2, 0.25) is 0 Å². The van der Waals surface area contributed by atoms with Crippen molar-refractivity contribution in [3.63, 3.8) is 0 Å². The van der Waals surface area contributed by atoms with Crippen LogP contribution in [0.5, 0.6) is 0 Å². The molecule has 0 N–H and O–H groups in total. The summed E-state index contributed by atoms with van der Waals surface area (Å²) < 4.78 is 0.399. The summed E-state index contributed by atoms with van der Waals surface area (Å²) in [6.07, 6.45) is 1.55. The number of allylic oxidation sites excluding steroid dienone is 4.